The summed E-state index contributed by atoms with van der Waals surface area (Å²) in [5.41, 5.74) is 7.97. The van der Waals surface area contributed by atoms with E-state index in [2.05, 4.69) is 29.7 Å². The Morgan fingerprint density at radius 1 is 1.64 bits per heavy atom. The Morgan fingerprint density at radius 2 is 2.36 bits per heavy atom. The van der Waals surface area contributed by atoms with Crippen LogP contribution < -0.4 is 5.73 Å². The minimum Gasteiger partial charge on any atom is -0.329 e. The summed E-state index contributed by atoms with van der Waals surface area (Å²) in [5.74, 6) is 1.01. The maximum Gasteiger partial charge on any atom is 0.0596 e. The molecule has 0 aliphatic carbocycles. The SMILES string of the molecule is CCn1nc(C)cc1CSC(C)CN. The van der Waals surface area contributed by atoms with Gasteiger partial charge >= 0.3 is 0 Å². The van der Waals surface area contributed by atoms with Crippen molar-refractivity contribution in [3.05, 3.63) is 17.5 Å². The maximum atomic E-state index is 5.57. The summed E-state index contributed by atoms with van der Waals surface area (Å²) < 4.78 is 2.06. The second kappa shape index (κ2) is 5.41. The van der Waals surface area contributed by atoms with Crippen molar-refractivity contribution < 1.29 is 0 Å². The van der Waals surface area contributed by atoms with Gasteiger partial charge in [0.2, 0.25) is 0 Å². The predicted octanol–water partition coefficient (Wildman–Crippen LogP) is 1.79. The predicted molar refractivity (Wildman–Crippen MR) is 62.4 cm³/mol. The Labute approximate surface area is 90.1 Å². The maximum absolute atomic E-state index is 5.57. The van der Waals surface area contributed by atoms with E-state index in [0.29, 0.717) is 5.25 Å². The van der Waals surface area contributed by atoms with Gasteiger partial charge in [0.25, 0.3) is 0 Å². The molecule has 0 saturated carbocycles. The molecule has 0 spiro atoms. The van der Waals surface area contributed by atoms with Crippen molar-refractivity contribution in [3.63, 3.8) is 0 Å². The van der Waals surface area contributed by atoms with Crippen LogP contribution in [0.3, 0.4) is 0 Å². The van der Waals surface area contributed by atoms with Crippen LogP contribution in [0.2, 0.25) is 0 Å². The van der Waals surface area contributed by atoms with Crippen LogP contribution in [0, 0.1) is 6.92 Å². The normalized spacial score (nSPS) is 13.1. The smallest absolute Gasteiger partial charge is 0.0596 e. The van der Waals surface area contributed by atoms with Crippen molar-refractivity contribution in [2.45, 2.75) is 38.3 Å². The number of nitrogens with zero attached hydrogens (tertiary/aromatic N) is 2. The zero-order chi connectivity index (χ0) is 10.6. The fraction of sp³-hybridized carbons (Fsp3) is 0.700. The van der Waals surface area contributed by atoms with Gasteiger partial charge in [-0.25, -0.2) is 0 Å². The van der Waals surface area contributed by atoms with E-state index >= 15 is 0 Å². The molecule has 0 aliphatic heterocycles. The van der Waals surface area contributed by atoms with Crippen molar-refractivity contribution >= 4 is 11.8 Å². The molecule has 1 rings (SSSR count). The van der Waals surface area contributed by atoms with Gasteiger partial charge in [0.15, 0.2) is 0 Å². The van der Waals surface area contributed by atoms with Crippen LogP contribution in [0.15, 0.2) is 6.07 Å². The number of thioether (sulfide) groups is 1. The van der Waals surface area contributed by atoms with Crippen LogP contribution in [-0.2, 0) is 12.3 Å². The van der Waals surface area contributed by atoms with Crippen LogP contribution in [0.25, 0.3) is 0 Å². The molecule has 0 radical (unpaired) electrons. The monoisotopic (exact) mass is 213 g/mol. The lowest BCUT2D eigenvalue weighted by atomic mass is 10.4. The zero-order valence-electron chi connectivity index (χ0n) is 9.16. The summed E-state index contributed by atoms with van der Waals surface area (Å²) in [5, 5.41) is 4.93. The molecule has 1 atom stereocenters. The second-order valence-electron chi connectivity index (χ2n) is 3.45. The molecule has 3 nitrogen and oxygen atoms in total. The first-order valence-electron chi connectivity index (χ1n) is 5.02. The van der Waals surface area contributed by atoms with Crippen molar-refractivity contribution in [2.75, 3.05) is 6.54 Å². The Balaban J connectivity index is 2.57. The van der Waals surface area contributed by atoms with E-state index < -0.39 is 0 Å². The van der Waals surface area contributed by atoms with E-state index in [-0.39, 0.29) is 0 Å². The van der Waals surface area contributed by atoms with Crippen molar-refractivity contribution in [1.82, 2.24) is 9.78 Å². The number of rotatable bonds is 5. The quantitative estimate of drug-likeness (QED) is 0.811. The highest BCUT2D eigenvalue weighted by Crippen LogP contribution is 2.17. The summed E-state index contributed by atoms with van der Waals surface area (Å²) in [7, 11) is 0. The lowest BCUT2D eigenvalue weighted by Gasteiger charge is -2.08. The van der Waals surface area contributed by atoms with Crippen LogP contribution >= 0.6 is 11.8 Å². The third kappa shape index (κ3) is 3.03. The van der Waals surface area contributed by atoms with E-state index in [4.69, 9.17) is 5.73 Å². The summed E-state index contributed by atoms with van der Waals surface area (Å²) in [6.07, 6.45) is 0. The van der Waals surface area contributed by atoms with Crippen LogP contribution in [-0.4, -0.2) is 21.6 Å². The molecule has 2 N–H and O–H groups in total. The first kappa shape index (κ1) is 11.6. The molecule has 1 heterocycles. The minimum absolute atomic E-state index is 0.524. The van der Waals surface area contributed by atoms with E-state index in [1.807, 2.05) is 18.7 Å². The molecule has 14 heavy (non-hydrogen) atoms. The van der Waals surface area contributed by atoms with Gasteiger partial charge in [-0.15, -0.1) is 0 Å². The number of hydrogen-bond donors (Lipinski definition) is 1. The van der Waals surface area contributed by atoms with Gasteiger partial charge in [0.1, 0.15) is 0 Å². The molecule has 0 saturated heterocycles. The Morgan fingerprint density at radius 3 is 2.93 bits per heavy atom. The molecule has 0 aromatic carbocycles. The fourth-order valence-electron chi connectivity index (χ4n) is 1.28. The first-order chi connectivity index (χ1) is 6.67. The molecule has 0 bridgehead atoms. The average Bonchev–Trinajstić information content (AvgIpc) is 2.55. The van der Waals surface area contributed by atoms with E-state index in [1.54, 1.807) is 0 Å². The van der Waals surface area contributed by atoms with Crippen LogP contribution in [0.1, 0.15) is 25.2 Å². The summed E-state index contributed by atoms with van der Waals surface area (Å²) >= 11 is 1.89. The van der Waals surface area contributed by atoms with E-state index in [0.717, 1.165) is 24.5 Å². The van der Waals surface area contributed by atoms with Crippen LogP contribution in [0.4, 0.5) is 0 Å². The number of aryl methyl sites for hydroxylation is 2. The van der Waals surface area contributed by atoms with Gasteiger partial charge < -0.3 is 5.73 Å². The Hall–Kier alpha value is -0.480. The Bertz CT molecular complexity index is 283. The zero-order valence-corrected chi connectivity index (χ0v) is 9.97. The van der Waals surface area contributed by atoms with E-state index in [9.17, 15) is 0 Å². The molecular formula is C10H19N3S. The minimum atomic E-state index is 0.524. The standard InChI is InChI=1S/C10H19N3S/c1-4-13-10(5-8(2)12-13)7-14-9(3)6-11/h5,9H,4,6-7,11H2,1-3H3. The third-order valence-electron chi connectivity index (χ3n) is 2.13. The van der Waals surface area contributed by atoms with Gasteiger partial charge in [0, 0.05) is 29.8 Å². The van der Waals surface area contributed by atoms with Gasteiger partial charge in [-0.3, -0.25) is 4.68 Å². The van der Waals surface area contributed by atoms with Crippen LogP contribution in [0.5, 0.6) is 0 Å². The third-order valence-corrected chi connectivity index (χ3v) is 3.36. The van der Waals surface area contributed by atoms with E-state index in [1.165, 1.54) is 5.69 Å². The van der Waals surface area contributed by atoms with Crippen molar-refractivity contribution in [1.29, 1.82) is 0 Å². The van der Waals surface area contributed by atoms with Gasteiger partial charge in [-0.1, -0.05) is 6.92 Å². The van der Waals surface area contributed by atoms with Gasteiger partial charge in [-0.2, -0.15) is 16.9 Å². The van der Waals surface area contributed by atoms with Gasteiger partial charge in [-0.05, 0) is 19.9 Å². The highest BCUT2D eigenvalue weighted by Gasteiger charge is 2.06. The second-order valence-corrected chi connectivity index (χ2v) is 4.88. The fourth-order valence-corrected chi connectivity index (χ4v) is 2.11. The molecule has 0 fully saturated rings. The lowest BCUT2D eigenvalue weighted by Crippen LogP contribution is -2.13. The van der Waals surface area contributed by atoms with Crippen molar-refractivity contribution in [3.8, 4) is 0 Å². The summed E-state index contributed by atoms with van der Waals surface area (Å²) in [4.78, 5) is 0. The largest absolute Gasteiger partial charge is 0.329 e. The highest BCUT2D eigenvalue weighted by atomic mass is 32.2. The van der Waals surface area contributed by atoms with Gasteiger partial charge in [0.05, 0.1) is 5.69 Å². The molecule has 1 aromatic heterocycles. The Kier molecular flexibility index (Phi) is 4.48. The highest BCUT2D eigenvalue weighted by molar-refractivity contribution is 7.99. The summed E-state index contributed by atoms with van der Waals surface area (Å²) in [6, 6.07) is 2.15. The molecule has 1 unspecified atom stereocenters. The first-order valence-corrected chi connectivity index (χ1v) is 6.07. The number of hydrogen-bond acceptors (Lipinski definition) is 3. The average molecular weight is 213 g/mol. The number of aromatic nitrogens is 2. The molecule has 1 aromatic rings. The van der Waals surface area contributed by atoms with Crippen molar-refractivity contribution in [2.24, 2.45) is 5.73 Å². The molecular weight excluding hydrogens is 194 g/mol. The molecule has 4 heteroatoms. The summed E-state index contributed by atoms with van der Waals surface area (Å²) in [6.45, 7) is 7.99. The number of nitrogens with two attached hydrogens (primary N) is 1. The molecule has 80 valence electrons. The lowest BCUT2D eigenvalue weighted by molar-refractivity contribution is 0.631. The molecule has 0 aliphatic rings. The topological polar surface area (TPSA) is 43.8 Å². The molecule has 0 amide bonds.